The molecule has 0 rings (SSSR count). The highest BCUT2D eigenvalue weighted by Gasteiger charge is 2.19. The van der Waals surface area contributed by atoms with Gasteiger partial charge in [-0.3, -0.25) is 14.4 Å². The van der Waals surface area contributed by atoms with Gasteiger partial charge in [-0.05, 0) is 148 Å². The van der Waals surface area contributed by atoms with Gasteiger partial charge in [-0.1, -0.05) is 279 Å². The lowest BCUT2D eigenvalue weighted by molar-refractivity contribution is -0.166. The van der Waals surface area contributed by atoms with Gasteiger partial charge in [0.25, 0.3) is 0 Å². The molecule has 0 aromatic rings. The zero-order chi connectivity index (χ0) is 59.9. The highest BCUT2D eigenvalue weighted by Crippen LogP contribution is 2.14. The average molecular weight is 1140 g/mol. The molecule has 1 atom stereocenters. The predicted octanol–water partition coefficient (Wildman–Crippen LogP) is 23.0. The summed E-state index contributed by atoms with van der Waals surface area (Å²) in [7, 11) is 0. The Hall–Kier alpha value is -5.75. The SMILES string of the molecule is CC/C=C\C/C=C\C/C=C\C/C=C\C/C=C\C/C=C\C/C=C\C/C=C\CCCCCCC(=O)OCC(COC(=O)CC/C=C\C/C=C\C/C=C\C/C=C\CC)OC(=O)CCCCCCCCCCCC/C=C\C/C=C\C/C=C\C/C=C\CC. The molecular weight excluding hydrogens is 1020 g/mol. The van der Waals surface area contributed by atoms with E-state index in [1.165, 1.54) is 44.9 Å². The molecular formula is C77H118O6. The topological polar surface area (TPSA) is 78.9 Å². The van der Waals surface area contributed by atoms with Crippen LogP contribution >= 0.6 is 0 Å². The van der Waals surface area contributed by atoms with E-state index in [0.717, 1.165) is 161 Å². The number of carbonyl (C=O) groups is 3. The van der Waals surface area contributed by atoms with E-state index in [-0.39, 0.29) is 37.5 Å². The zero-order valence-electron chi connectivity index (χ0n) is 52.9. The van der Waals surface area contributed by atoms with Gasteiger partial charge in [0.2, 0.25) is 0 Å². The van der Waals surface area contributed by atoms with Crippen molar-refractivity contribution in [1.82, 2.24) is 0 Å². The number of hydrogen-bond acceptors (Lipinski definition) is 6. The lowest BCUT2D eigenvalue weighted by Crippen LogP contribution is -2.30. The van der Waals surface area contributed by atoms with E-state index in [1.807, 2.05) is 12.2 Å². The van der Waals surface area contributed by atoms with Gasteiger partial charge in [0.1, 0.15) is 13.2 Å². The fraction of sp³-hybridized carbons (Fsp3) is 0.545. The Balaban J connectivity index is 4.46. The third-order valence-electron chi connectivity index (χ3n) is 13.1. The van der Waals surface area contributed by atoms with Gasteiger partial charge in [-0.25, -0.2) is 0 Å². The van der Waals surface area contributed by atoms with Gasteiger partial charge in [-0.15, -0.1) is 0 Å². The third-order valence-corrected chi connectivity index (χ3v) is 13.1. The number of ether oxygens (including phenoxy) is 3. The Labute approximate surface area is 509 Å². The lowest BCUT2D eigenvalue weighted by atomic mass is 10.0. The summed E-state index contributed by atoms with van der Waals surface area (Å²) in [5, 5.41) is 0. The molecule has 0 aromatic carbocycles. The monoisotopic (exact) mass is 1140 g/mol. The number of esters is 3. The zero-order valence-corrected chi connectivity index (χ0v) is 52.9. The molecule has 0 aliphatic heterocycles. The van der Waals surface area contributed by atoms with E-state index in [1.54, 1.807) is 0 Å². The molecule has 6 heteroatoms. The van der Waals surface area contributed by atoms with Crippen molar-refractivity contribution in [2.45, 2.75) is 258 Å². The van der Waals surface area contributed by atoms with Crippen molar-refractivity contribution in [3.05, 3.63) is 194 Å². The second kappa shape index (κ2) is 68.7. The normalized spacial score (nSPS) is 13.4. The summed E-state index contributed by atoms with van der Waals surface area (Å²) in [4.78, 5) is 38.3. The van der Waals surface area contributed by atoms with E-state index in [9.17, 15) is 14.4 Å². The van der Waals surface area contributed by atoms with Crippen LogP contribution in [0, 0.1) is 0 Å². The Morgan fingerprint density at radius 2 is 0.458 bits per heavy atom. The van der Waals surface area contributed by atoms with Crippen LogP contribution in [0.4, 0.5) is 0 Å². The Morgan fingerprint density at radius 1 is 0.241 bits per heavy atom. The molecule has 0 radical (unpaired) electrons. The molecule has 0 aliphatic carbocycles. The van der Waals surface area contributed by atoms with Crippen LogP contribution in [0.1, 0.15) is 252 Å². The predicted molar refractivity (Wildman–Crippen MR) is 361 cm³/mol. The summed E-state index contributed by atoms with van der Waals surface area (Å²) in [6, 6.07) is 0. The molecule has 0 aliphatic rings. The first kappa shape index (κ1) is 77.2. The number of hydrogen-bond donors (Lipinski definition) is 0. The first-order chi connectivity index (χ1) is 41.0. The Bertz CT molecular complexity index is 1990. The fourth-order valence-electron chi connectivity index (χ4n) is 8.29. The van der Waals surface area contributed by atoms with Crippen molar-refractivity contribution in [2.75, 3.05) is 13.2 Å². The molecule has 0 bridgehead atoms. The van der Waals surface area contributed by atoms with E-state index in [0.29, 0.717) is 19.3 Å². The van der Waals surface area contributed by atoms with Crippen LogP contribution in [-0.4, -0.2) is 37.2 Å². The lowest BCUT2D eigenvalue weighted by Gasteiger charge is -2.18. The average Bonchev–Trinajstić information content (AvgIpc) is 3.49. The highest BCUT2D eigenvalue weighted by atomic mass is 16.6. The highest BCUT2D eigenvalue weighted by molar-refractivity contribution is 5.71. The first-order valence-corrected chi connectivity index (χ1v) is 32.9. The smallest absolute Gasteiger partial charge is 0.306 e. The van der Waals surface area contributed by atoms with Gasteiger partial charge in [0.15, 0.2) is 6.10 Å². The molecule has 0 saturated heterocycles. The third kappa shape index (κ3) is 66.9. The molecule has 6 nitrogen and oxygen atoms in total. The molecule has 0 fully saturated rings. The largest absolute Gasteiger partial charge is 0.462 e. The summed E-state index contributed by atoms with van der Waals surface area (Å²) < 4.78 is 16.8. The van der Waals surface area contributed by atoms with Crippen molar-refractivity contribution in [2.24, 2.45) is 0 Å². The molecule has 0 amide bonds. The number of rotatable bonds is 57. The maximum absolute atomic E-state index is 12.9. The maximum atomic E-state index is 12.9. The van der Waals surface area contributed by atoms with Crippen LogP contribution in [0.15, 0.2) is 194 Å². The van der Waals surface area contributed by atoms with Gasteiger partial charge in [0, 0.05) is 19.3 Å². The van der Waals surface area contributed by atoms with Crippen molar-refractivity contribution in [3.63, 3.8) is 0 Å². The minimum atomic E-state index is -0.833. The van der Waals surface area contributed by atoms with Crippen LogP contribution in [0.5, 0.6) is 0 Å². The quantitative estimate of drug-likeness (QED) is 0.0261. The minimum Gasteiger partial charge on any atom is -0.462 e. The van der Waals surface area contributed by atoms with Crippen molar-refractivity contribution in [3.8, 4) is 0 Å². The molecule has 0 saturated carbocycles. The summed E-state index contributed by atoms with van der Waals surface area (Å²) in [6.07, 6.45) is 105. The second-order valence-electron chi connectivity index (χ2n) is 20.9. The standard InChI is InChI=1S/C77H118O6/c1-4-7-10-13-16-19-22-25-27-29-31-33-35-36-37-38-39-40-42-43-45-47-49-52-55-58-61-64-67-70-76(79)82-73-74(72-81-75(78)69-66-63-60-57-54-51-24-21-18-15-12-9-6-3)83-77(80)71-68-65-62-59-56-53-50-48-46-44-41-34-32-30-28-26-23-20-17-14-11-8-5-2/h7-12,16-21,25-28,31-34,36-37,39-40,43,45,49,51-52,54,60,63,74H,4-6,13-15,22-24,29-30,35,38,41-42,44,46-48,50,53,55-59,61-62,64-73H2,1-3H3/b10-7-,11-8-,12-9-,19-16-,20-17-,21-18-,27-25-,28-26-,33-31-,34-32-,37-36-,40-39-,45-43-,52-49-,54-51-,63-60-. The minimum absolute atomic E-state index is 0.125. The van der Waals surface area contributed by atoms with Crippen LogP contribution in [0.3, 0.4) is 0 Å². The van der Waals surface area contributed by atoms with Crippen LogP contribution in [-0.2, 0) is 28.6 Å². The molecule has 1 unspecified atom stereocenters. The number of unbranched alkanes of at least 4 members (excludes halogenated alkanes) is 14. The van der Waals surface area contributed by atoms with Crippen LogP contribution in [0.2, 0.25) is 0 Å². The first-order valence-electron chi connectivity index (χ1n) is 32.9. The van der Waals surface area contributed by atoms with Crippen LogP contribution < -0.4 is 0 Å². The molecule has 0 aromatic heterocycles. The fourth-order valence-corrected chi connectivity index (χ4v) is 8.29. The van der Waals surface area contributed by atoms with Gasteiger partial charge in [-0.2, -0.15) is 0 Å². The van der Waals surface area contributed by atoms with E-state index in [4.69, 9.17) is 14.2 Å². The summed E-state index contributed by atoms with van der Waals surface area (Å²) in [5.41, 5.74) is 0. The summed E-state index contributed by atoms with van der Waals surface area (Å²) >= 11 is 0. The number of allylic oxidation sites excluding steroid dienone is 32. The van der Waals surface area contributed by atoms with Crippen molar-refractivity contribution >= 4 is 17.9 Å². The van der Waals surface area contributed by atoms with Crippen molar-refractivity contribution in [1.29, 1.82) is 0 Å². The Morgan fingerprint density at radius 3 is 0.747 bits per heavy atom. The van der Waals surface area contributed by atoms with Crippen molar-refractivity contribution < 1.29 is 28.6 Å². The molecule has 462 valence electrons. The second-order valence-corrected chi connectivity index (χ2v) is 20.9. The molecule has 0 spiro atoms. The van der Waals surface area contributed by atoms with Gasteiger partial charge in [0.05, 0.1) is 0 Å². The Kier molecular flexibility index (Phi) is 64.0. The molecule has 0 N–H and O–H groups in total. The number of carbonyl (C=O) groups excluding carboxylic acids is 3. The molecule has 83 heavy (non-hydrogen) atoms. The van der Waals surface area contributed by atoms with Gasteiger partial charge >= 0.3 is 17.9 Å². The molecule has 0 heterocycles. The maximum Gasteiger partial charge on any atom is 0.306 e. The van der Waals surface area contributed by atoms with E-state index >= 15 is 0 Å². The summed E-state index contributed by atoms with van der Waals surface area (Å²) in [5.74, 6) is -1.04. The van der Waals surface area contributed by atoms with Crippen LogP contribution in [0.25, 0.3) is 0 Å². The van der Waals surface area contributed by atoms with Gasteiger partial charge < -0.3 is 14.2 Å². The van der Waals surface area contributed by atoms with E-state index < -0.39 is 6.10 Å². The summed E-state index contributed by atoms with van der Waals surface area (Å²) in [6.45, 7) is 6.20. The van der Waals surface area contributed by atoms with E-state index in [2.05, 4.69) is 203 Å².